The molecule has 2 aromatic heterocycles. The first-order valence-electron chi connectivity index (χ1n) is 14.2. The number of hydrogen-bond donors (Lipinski definition) is 7. The van der Waals surface area contributed by atoms with Crippen molar-refractivity contribution in [1.82, 2.24) is 30.3 Å². The lowest BCUT2D eigenvalue weighted by atomic mass is 10.0. The molecule has 3 amide bonds. The largest absolute Gasteiger partial charge is 0.504 e. The minimum atomic E-state index is -1.83. The number of phenolic OH excluding ortho intramolecular Hbond substituents is 2. The number of aryl methyl sites for hydroxylation is 1. The van der Waals surface area contributed by atoms with E-state index in [2.05, 4.69) is 25.9 Å². The molecule has 2 atom stereocenters. The number of nitrogens with two attached hydrogens (primary N) is 1. The summed E-state index contributed by atoms with van der Waals surface area (Å²) < 4.78 is 1.28. The fourth-order valence-corrected chi connectivity index (χ4v) is 6.69. The molecule has 5 rings (SSSR count). The van der Waals surface area contributed by atoms with Gasteiger partial charge in [0, 0.05) is 30.3 Å². The number of fused-ring (bicyclic) bond motifs is 2. The standard InChI is InChI=1S/C28H28N8O11S2/c1-4-35-13-6-15(38)14(37)5-11(13)20(39)17(33-35)21(40)30-7-10-8-48-24-18(23(42)36(24)19(10)25(43)44)32-22(41)16(12-9-49-27(29)31-12)34-47-28(2,3)26(45)46/h5-6,9,18,24,37-38H,4,7-8H2,1-3H3,(H2,29,31)(H,30,40)(H,32,41)(H,43,44)(H,45,46)/b34-16-/t18-,24-/m1/s1. The Hall–Kier alpha value is -5.70. The van der Waals surface area contributed by atoms with E-state index in [0.29, 0.717) is 0 Å². The van der Waals surface area contributed by atoms with Gasteiger partial charge in [0.2, 0.25) is 11.0 Å². The number of amides is 3. The molecule has 21 heteroatoms. The van der Waals surface area contributed by atoms with Crippen LogP contribution in [0.1, 0.15) is 37.0 Å². The zero-order valence-corrected chi connectivity index (χ0v) is 27.4. The number of rotatable bonds is 11. The fraction of sp³-hybridized carbons (Fsp3) is 0.321. The van der Waals surface area contributed by atoms with Gasteiger partial charge in [0.05, 0.1) is 10.9 Å². The van der Waals surface area contributed by atoms with E-state index in [9.17, 15) is 49.2 Å². The average Bonchev–Trinajstić information content (AvgIpc) is 3.48. The van der Waals surface area contributed by atoms with Crippen LogP contribution in [0.3, 0.4) is 0 Å². The first kappa shape index (κ1) is 34.6. The van der Waals surface area contributed by atoms with Gasteiger partial charge in [0.25, 0.3) is 17.7 Å². The second-order valence-electron chi connectivity index (χ2n) is 11.1. The summed E-state index contributed by atoms with van der Waals surface area (Å²) in [5, 5.41) is 52.3. The van der Waals surface area contributed by atoms with Crippen LogP contribution < -0.4 is 21.8 Å². The third-order valence-corrected chi connectivity index (χ3v) is 9.44. The molecular weight excluding hydrogens is 688 g/mol. The number of nitrogens with one attached hydrogen (secondary N) is 2. The van der Waals surface area contributed by atoms with E-state index in [4.69, 9.17) is 10.6 Å². The summed E-state index contributed by atoms with van der Waals surface area (Å²) >= 11 is 2.06. The highest BCUT2D eigenvalue weighted by molar-refractivity contribution is 8.00. The Morgan fingerprint density at radius 2 is 1.86 bits per heavy atom. The summed E-state index contributed by atoms with van der Waals surface area (Å²) in [7, 11) is 0. The number of aliphatic carboxylic acids is 2. The number of aromatic nitrogens is 3. The molecule has 1 fully saturated rings. The minimum Gasteiger partial charge on any atom is -0.504 e. The van der Waals surface area contributed by atoms with Gasteiger partial charge in [-0.25, -0.2) is 14.6 Å². The number of thiazole rings is 1. The highest BCUT2D eigenvalue weighted by atomic mass is 32.2. The molecule has 3 aromatic rings. The van der Waals surface area contributed by atoms with Crippen molar-refractivity contribution >= 4 is 74.5 Å². The van der Waals surface area contributed by atoms with Crippen LogP contribution in [0.2, 0.25) is 0 Å². The SMILES string of the molecule is CCn1nc(C(=O)NCC2=C(C(=O)O)N3C(=O)[C@@H](NC(=O)/C(=N\OC(C)(C)C(=O)O)c4csc(N)n4)[C@H]3SC2)c(=O)c2cc(O)c(O)cc21. The van der Waals surface area contributed by atoms with Gasteiger partial charge in [0.15, 0.2) is 28.0 Å². The molecular formula is C28H28N8O11S2. The van der Waals surface area contributed by atoms with Gasteiger partial charge in [-0.05, 0) is 32.4 Å². The van der Waals surface area contributed by atoms with Crippen molar-refractivity contribution in [3.05, 3.63) is 50.4 Å². The summed E-state index contributed by atoms with van der Waals surface area (Å²) in [6.07, 6.45) is 0. The van der Waals surface area contributed by atoms with E-state index in [0.717, 1.165) is 40.1 Å². The van der Waals surface area contributed by atoms with Crippen molar-refractivity contribution in [3.63, 3.8) is 0 Å². The number of β-lactam (4-membered cyclic amide) rings is 1. The third kappa shape index (κ3) is 6.44. The van der Waals surface area contributed by atoms with Gasteiger partial charge in [0.1, 0.15) is 22.8 Å². The summed E-state index contributed by atoms with van der Waals surface area (Å²) in [4.78, 5) is 86.5. The van der Waals surface area contributed by atoms with Crippen molar-refractivity contribution in [3.8, 4) is 11.5 Å². The molecule has 1 aromatic carbocycles. The number of oxime groups is 1. The Bertz CT molecular complexity index is 2050. The van der Waals surface area contributed by atoms with Crippen molar-refractivity contribution < 1.29 is 49.2 Å². The molecule has 0 radical (unpaired) electrons. The number of thioether (sulfide) groups is 1. The number of benzene rings is 1. The number of aromatic hydroxyl groups is 2. The summed E-state index contributed by atoms with van der Waals surface area (Å²) in [5.41, 5.74) is 1.83. The smallest absolute Gasteiger partial charge is 0.352 e. The van der Waals surface area contributed by atoms with Crippen LogP contribution in [-0.2, 0) is 30.6 Å². The van der Waals surface area contributed by atoms with Gasteiger partial charge in [-0.1, -0.05) is 5.16 Å². The van der Waals surface area contributed by atoms with E-state index in [1.165, 1.54) is 23.9 Å². The maximum Gasteiger partial charge on any atom is 0.352 e. The number of phenols is 2. The first-order chi connectivity index (χ1) is 23.0. The molecule has 19 nitrogen and oxygen atoms in total. The highest BCUT2D eigenvalue weighted by Gasteiger charge is 2.54. The predicted molar refractivity (Wildman–Crippen MR) is 173 cm³/mol. The quantitative estimate of drug-likeness (QED) is 0.0576. The Morgan fingerprint density at radius 1 is 1.16 bits per heavy atom. The predicted octanol–water partition coefficient (Wildman–Crippen LogP) is -0.381. The topological polar surface area (TPSA) is 289 Å². The first-order valence-corrected chi connectivity index (χ1v) is 16.1. The number of nitrogen functional groups attached to an aromatic ring is 1. The maximum atomic E-state index is 13.3. The van der Waals surface area contributed by atoms with Crippen molar-refractivity contribution in [2.24, 2.45) is 5.16 Å². The molecule has 4 heterocycles. The number of carbonyl (C=O) groups excluding carboxylic acids is 3. The van der Waals surface area contributed by atoms with Crippen LogP contribution in [0.15, 0.2) is 38.7 Å². The second kappa shape index (κ2) is 13.1. The second-order valence-corrected chi connectivity index (χ2v) is 13.1. The van der Waals surface area contributed by atoms with Crippen LogP contribution in [-0.4, -0.2) is 105 Å². The van der Waals surface area contributed by atoms with E-state index >= 15 is 0 Å². The number of carboxylic acid groups (broad SMARTS) is 2. The molecule has 258 valence electrons. The van der Waals surface area contributed by atoms with Gasteiger partial charge in [-0.3, -0.25) is 28.8 Å². The number of nitrogens with zero attached hydrogens (tertiary/aromatic N) is 5. The zero-order valence-electron chi connectivity index (χ0n) is 25.8. The number of carboxylic acids is 2. The monoisotopic (exact) mass is 716 g/mol. The molecule has 8 N–H and O–H groups in total. The molecule has 0 saturated carbocycles. The molecule has 0 unspecified atom stereocenters. The summed E-state index contributed by atoms with van der Waals surface area (Å²) in [5.74, 6) is -6.61. The Morgan fingerprint density at radius 3 is 2.47 bits per heavy atom. The minimum absolute atomic E-state index is 0.000299. The lowest BCUT2D eigenvalue weighted by Crippen LogP contribution is -2.71. The van der Waals surface area contributed by atoms with Crippen LogP contribution >= 0.6 is 23.1 Å². The normalized spacial score (nSPS) is 17.7. The Labute approximate surface area is 283 Å². The van der Waals surface area contributed by atoms with E-state index in [-0.39, 0.29) is 46.1 Å². The average molecular weight is 717 g/mol. The summed E-state index contributed by atoms with van der Waals surface area (Å²) in [6.45, 7) is 3.89. The molecule has 2 aliphatic heterocycles. The van der Waals surface area contributed by atoms with Crippen molar-refractivity contribution in [1.29, 1.82) is 0 Å². The van der Waals surface area contributed by atoms with Crippen molar-refractivity contribution in [2.75, 3.05) is 18.0 Å². The molecule has 1 saturated heterocycles. The van der Waals surface area contributed by atoms with E-state index < -0.39 is 80.7 Å². The molecule has 0 bridgehead atoms. The third-order valence-electron chi connectivity index (χ3n) is 7.42. The molecule has 2 aliphatic rings. The Balaban J connectivity index is 1.35. The highest BCUT2D eigenvalue weighted by Crippen LogP contribution is 2.40. The summed E-state index contributed by atoms with van der Waals surface area (Å²) in [6, 6.07) is 0.929. The van der Waals surface area contributed by atoms with E-state index in [1.54, 1.807) is 6.92 Å². The molecule has 0 aliphatic carbocycles. The van der Waals surface area contributed by atoms with Crippen LogP contribution in [0.5, 0.6) is 11.5 Å². The number of anilines is 1. The fourth-order valence-electron chi connectivity index (χ4n) is 4.80. The zero-order chi connectivity index (χ0) is 35.9. The molecule has 0 spiro atoms. The van der Waals surface area contributed by atoms with Crippen LogP contribution in [0.25, 0.3) is 10.9 Å². The van der Waals surface area contributed by atoms with Crippen LogP contribution in [0.4, 0.5) is 5.13 Å². The lowest BCUT2D eigenvalue weighted by Gasteiger charge is -2.49. The van der Waals surface area contributed by atoms with Crippen LogP contribution in [0, 0.1) is 0 Å². The lowest BCUT2D eigenvalue weighted by molar-refractivity contribution is -0.161. The molecule has 49 heavy (non-hydrogen) atoms. The maximum absolute atomic E-state index is 13.3. The Kier molecular flexibility index (Phi) is 9.24. The van der Waals surface area contributed by atoms with Crippen molar-refractivity contribution in [2.45, 2.75) is 44.3 Å². The van der Waals surface area contributed by atoms with Gasteiger partial charge in [-0.2, -0.15) is 5.10 Å². The van der Waals surface area contributed by atoms with Gasteiger partial charge < -0.3 is 41.6 Å². The number of hydrogen-bond acceptors (Lipinski definition) is 15. The van der Waals surface area contributed by atoms with E-state index in [1.807, 2.05) is 0 Å². The van der Waals surface area contributed by atoms with Gasteiger partial charge in [-0.15, -0.1) is 23.1 Å². The number of carbonyl (C=O) groups is 5. The van der Waals surface area contributed by atoms with Gasteiger partial charge >= 0.3 is 11.9 Å².